The number of nitriles is 1. The lowest BCUT2D eigenvalue weighted by Crippen LogP contribution is -2.15. The number of fused-ring (bicyclic) bond motifs is 2. The third-order valence-electron chi connectivity index (χ3n) is 4.64. The Morgan fingerprint density at radius 2 is 2.19 bits per heavy atom. The molecule has 2 N–H and O–H groups in total. The second-order valence-electron chi connectivity index (χ2n) is 6.34. The predicted molar refractivity (Wildman–Crippen MR) is 110 cm³/mol. The van der Waals surface area contributed by atoms with Crippen LogP contribution < -0.4 is 10.9 Å². The Morgan fingerprint density at radius 1 is 1.37 bits per heavy atom. The molecule has 0 unspecified atom stereocenters. The highest BCUT2D eigenvalue weighted by molar-refractivity contribution is 7.99. The number of hydrogen-bond acceptors (Lipinski definition) is 7. The smallest absolute Gasteiger partial charge is 0.260 e. The molecule has 3 aromatic rings. The van der Waals surface area contributed by atoms with E-state index in [1.54, 1.807) is 0 Å². The maximum Gasteiger partial charge on any atom is 0.260 e. The number of carbonyl (C=O) groups excluding carboxylic acids is 1. The van der Waals surface area contributed by atoms with E-state index in [9.17, 15) is 14.9 Å². The van der Waals surface area contributed by atoms with Gasteiger partial charge in [0.05, 0.1) is 16.7 Å². The number of hydrogen-bond donors (Lipinski definition) is 2. The molecule has 1 aliphatic rings. The number of aryl methyl sites for hydroxylation is 3. The van der Waals surface area contributed by atoms with Gasteiger partial charge in [-0.25, -0.2) is 4.98 Å². The first-order valence-electron chi connectivity index (χ1n) is 8.45. The van der Waals surface area contributed by atoms with Crippen LogP contribution in [0.15, 0.2) is 9.95 Å². The van der Waals surface area contributed by atoms with E-state index in [0.717, 1.165) is 35.3 Å². The zero-order chi connectivity index (χ0) is 19.1. The van der Waals surface area contributed by atoms with E-state index < -0.39 is 0 Å². The van der Waals surface area contributed by atoms with Gasteiger partial charge in [-0.3, -0.25) is 9.59 Å². The Hall–Kier alpha value is -2.15. The number of H-pyrrole nitrogens is 1. The van der Waals surface area contributed by atoms with Crippen LogP contribution in [0.1, 0.15) is 32.9 Å². The first kappa shape index (κ1) is 18.2. The van der Waals surface area contributed by atoms with Gasteiger partial charge < -0.3 is 10.3 Å². The van der Waals surface area contributed by atoms with Crippen molar-refractivity contribution >= 4 is 55.6 Å². The zero-order valence-corrected chi connectivity index (χ0v) is 17.2. The summed E-state index contributed by atoms with van der Waals surface area (Å²) in [6.07, 6.45) is 2.96. The molecule has 1 amide bonds. The highest BCUT2D eigenvalue weighted by Gasteiger charge is 2.23. The molecule has 3 heterocycles. The average Bonchev–Trinajstić information content (AvgIpc) is 3.27. The number of aromatic nitrogens is 2. The molecule has 0 atom stereocenters. The number of nitrogens with zero attached hydrogens (tertiary/aromatic N) is 2. The van der Waals surface area contributed by atoms with Crippen LogP contribution >= 0.6 is 34.4 Å². The Labute approximate surface area is 167 Å². The molecule has 0 saturated heterocycles. The molecule has 0 fully saturated rings. The van der Waals surface area contributed by atoms with Crippen LogP contribution in [0.4, 0.5) is 5.00 Å². The van der Waals surface area contributed by atoms with Crippen LogP contribution in [0.2, 0.25) is 0 Å². The molecular formula is C18H16N4O2S3. The quantitative estimate of drug-likeness (QED) is 0.498. The minimum atomic E-state index is -0.210. The van der Waals surface area contributed by atoms with Crippen LogP contribution in [-0.2, 0) is 17.6 Å². The average molecular weight is 417 g/mol. The van der Waals surface area contributed by atoms with Gasteiger partial charge in [0, 0.05) is 9.75 Å². The molecule has 0 saturated carbocycles. The van der Waals surface area contributed by atoms with Crippen LogP contribution in [0.5, 0.6) is 0 Å². The Morgan fingerprint density at radius 3 is 2.96 bits per heavy atom. The van der Waals surface area contributed by atoms with E-state index in [2.05, 4.69) is 21.4 Å². The van der Waals surface area contributed by atoms with E-state index in [-0.39, 0.29) is 17.2 Å². The van der Waals surface area contributed by atoms with Gasteiger partial charge in [-0.1, -0.05) is 11.8 Å². The molecule has 27 heavy (non-hydrogen) atoms. The molecule has 3 aromatic heterocycles. The summed E-state index contributed by atoms with van der Waals surface area (Å²) in [5, 5.41) is 13.9. The monoisotopic (exact) mass is 416 g/mol. The van der Waals surface area contributed by atoms with Gasteiger partial charge in [-0.15, -0.1) is 22.7 Å². The molecule has 0 aromatic carbocycles. The van der Waals surface area contributed by atoms with Crippen molar-refractivity contribution in [3.63, 3.8) is 0 Å². The maximum atomic E-state index is 12.3. The molecule has 0 radical (unpaired) electrons. The largest absolute Gasteiger partial charge is 0.316 e. The Bertz CT molecular complexity index is 1170. The number of anilines is 1. The van der Waals surface area contributed by atoms with Crippen LogP contribution in [-0.4, -0.2) is 21.6 Å². The third kappa shape index (κ3) is 3.29. The number of rotatable bonds is 4. The second kappa shape index (κ2) is 7.11. The van der Waals surface area contributed by atoms with E-state index in [1.165, 1.54) is 39.3 Å². The standard InChI is InChI=1S/C18H16N4O2S3/c1-8-9(2)26-17-14(8)15(24)21-18(22-17)25-7-13(23)20-16-11(6-19)10-4-3-5-12(10)27-16/h3-5,7H2,1-2H3,(H,20,23)(H,21,22,24). The summed E-state index contributed by atoms with van der Waals surface area (Å²) in [7, 11) is 0. The molecule has 0 aliphatic heterocycles. The zero-order valence-electron chi connectivity index (χ0n) is 14.8. The summed E-state index contributed by atoms with van der Waals surface area (Å²) < 4.78 is 0. The predicted octanol–water partition coefficient (Wildman–Crippen LogP) is 3.75. The lowest BCUT2D eigenvalue weighted by Gasteiger charge is -2.04. The van der Waals surface area contributed by atoms with Crippen molar-refractivity contribution < 1.29 is 4.79 Å². The van der Waals surface area contributed by atoms with E-state index >= 15 is 0 Å². The number of aromatic amines is 1. The fourth-order valence-electron chi connectivity index (χ4n) is 3.21. The van der Waals surface area contributed by atoms with Crippen LogP contribution in [0.25, 0.3) is 10.2 Å². The molecule has 0 spiro atoms. The summed E-state index contributed by atoms with van der Waals surface area (Å²) in [6.45, 7) is 3.88. The van der Waals surface area contributed by atoms with E-state index in [0.29, 0.717) is 25.9 Å². The van der Waals surface area contributed by atoms with Crippen molar-refractivity contribution in [1.29, 1.82) is 5.26 Å². The fourth-order valence-corrected chi connectivity index (χ4v) is 6.21. The summed E-state index contributed by atoms with van der Waals surface area (Å²) in [5.41, 5.74) is 2.47. The van der Waals surface area contributed by atoms with Crippen molar-refractivity contribution in [3.8, 4) is 6.07 Å². The number of amides is 1. The van der Waals surface area contributed by atoms with Gasteiger partial charge in [0.1, 0.15) is 15.9 Å². The van der Waals surface area contributed by atoms with Gasteiger partial charge in [-0.05, 0) is 44.2 Å². The lowest BCUT2D eigenvalue weighted by molar-refractivity contribution is -0.113. The van der Waals surface area contributed by atoms with Crippen LogP contribution in [0.3, 0.4) is 0 Å². The second-order valence-corrected chi connectivity index (χ2v) is 9.62. The van der Waals surface area contributed by atoms with Crippen molar-refractivity contribution in [1.82, 2.24) is 9.97 Å². The van der Waals surface area contributed by atoms with Crippen molar-refractivity contribution in [3.05, 3.63) is 36.8 Å². The maximum absolute atomic E-state index is 12.3. The summed E-state index contributed by atoms with van der Waals surface area (Å²) in [4.78, 5) is 34.8. The normalized spacial score (nSPS) is 12.9. The van der Waals surface area contributed by atoms with E-state index in [4.69, 9.17) is 0 Å². The number of thiophene rings is 2. The number of carbonyl (C=O) groups is 1. The fraction of sp³-hybridized carbons (Fsp3) is 0.333. The van der Waals surface area contributed by atoms with Gasteiger partial charge >= 0.3 is 0 Å². The SMILES string of the molecule is Cc1sc2nc(SCC(=O)Nc3sc4c(c3C#N)CCC4)[nH]c(=O)c2c1C. The molecular weight excluding hydrogens is 400 g/mol. The molecule has 138 valence electrons. The van der Waals surface area contributed by atoms with Gasteiger partial charge in [0.2, 0.25) is 5.91 Å². The Balaban J connectivity index is 1.48. The molecule has 0 bridgehead atoms. The number of nitrogens with one attached hydrogen (secondary N) is 2. The van der Waals surface area contributed by atoms with Gasteiger partial charge in [0.15, 0.2) is 5.16 Å². The lowest BCUT2D eigenvalue weighted by atomic mass is 10.1. The first-order chi connectivity index (χ1) is 13.0. The summed E-state index contributed by atoms with van der Waals surface area (Å²) in [5.74, 6) is -0.0942. The highest BCUT2D eigenvalue weighted by Crippen LogP contribution is 2.38. The first-order valence-corrected chi connectivity index (χ1v) is 11.1. The van der Waals surface area contributed by atoms with Crippen molar-refractivity contribution in [2.45, 2.75) is 38.3 Å². The topological polar surface area (TPSA) is 98.6 Å². The van der Waals surface area contributed by atoms with Crippen molar-refractivity contribution in [2.75, 3.05) is 11.1 Å². The van der Waals surface area contributed by atoms with Crippen LogP contribution in [0, 0.1) is 25.2 Å². The Kier molecular flexibility index (Phi) is 4.80. The van der Waals surface area contributed by atoms with Crippen molar-refractivity contribution in [2.24, 2.45) is 0 Å². The minimum absolute atomic E-state index is 0.116. The molecule has 1 aliphatic carbocycles. The van der Waals surface area contributed by atoms with Gasteiger partial charge in [0.25, 0.3) is 5.56 Å². The number of thioether (sulfide) groups is 1. The minimum Gasteiger partial charge on any atom is -0.316 e. The molecule has 4 rings (SSSR count). The molecule has 6 nitrogen and oxygen atoms in total. The summed E-state index contributed by atoms with van der Waals surface area (Å²) in [6, 6.07) is 2.22. The van der Waals surface area contributed by atoms with E-state index in [1.807, 2.05) is 13.8 Å². The summed E-state index contributed by atoms with van der Waals surface area (Å²) >= 11 is 4.16. The third-order valence-corrected chi connectivity index (χ3v) is 7.83. The highest BCUT2D eigenvalue weighted by atomic mass is 32.2. The molecule has 9 heteroatoms. The van der Waals surface area contributed by atoms with Gasteiger partial charge in [-0.2, -0.15) is 5.26 Å².